The summed E-state index contributed by atoms with van der Waals surface area (Å²) in [5.74, 6) is -0.265. The number of benzene rings is 3. The number of amides is 1. The van der Waals surface area contributed by atoms with Crippen LogP contribution in [0.15, 0.2) is 95.9 Å². The minimum atomic E-state index is -3.82. The van der Waals surface area contributed by atoms with Crippen LogP contribution in [0.5, 0.6) is 0 Å². The predicted octanol–water partition coefficient (Wildman–Crippen LogP) is 3.74. The fourth-order valence-corrected chi connectivity index (χ4v) is 5.39. The van der Waals surface area contributed by atoms with Gasteiger partial charge in [0.1, 0.15) is 0 Å². The molecule has 0 heterocycles. The minimum absolute atomic E-state index is 0.0529. The van der Waals surface area contributed by atoms with Crippen LogP contribution in [-0.4, -0.2) is 49.0 Å². The third kappa shape index (κ3) is 7.00. The van der Waals surface area contributed by atoms with Crippen molar-refractivity contribution in [2.75, 3.05) is 13.1 Å². The van der Waals surface area contributed by atoms with Gasteiger partial charge in [0.15, 0.2) is 0 Å². The van der Waals surface area contributed by atoms with Crippen LogP contribution >= 0.6 is 0 Å². The number of rotatable bonds is 11. The van der Waals surface area contributed by atoms with E-state index in [2.05, 4.69) is 5.32 Å². The van der Waals surface area contributed by atoms with Gasteiger partial charge in [-0.25, -0.2) is 8.42 Å². The molecule has 0 aliphatic heterocycles. The molecule has 34 heavy (non-hydrogen) atoms. The summed E-state index contributed by atoms with van der Waals surface area (Å²) in [6.07, 6.45) is -0.758. The standard InChI is InChI=1S/C27H32N2O4S/c1-21(2)19-29(34(32,33)24-16-10-5-11-17-24)20-26(30)25(18-22-12-6-3-7-13-22)28-27(31)23-14-8-4-9-15-23/h3-17,21,25-26,30H,18-20H2,1-2H3,(H,28,31)/t25-,26+/m0/s1. The molecule has 7 heteroatoms. The van der Waals surface area contributed by atoms with Gasteiger partial charge in [-0.15, -0.1) is 0 Å². The van der Waals surface area contributed by atoms with E-state index in [1.807, 2.05) is 50.2 Å². The molecular formula is C27H32N2O4S. The SMILES string of the molecule is CC(C)CN(C[C@@H](O)[C@H](Cc1ccccc1)NC(=O)c1ccccc1)S(=O)(=O)c1ccccc1. The molecular weight excluding hydrogens is 448 g/mol. The quantitative estimate of drug-likeness (QED) is 0.438. The summed E-state index contributed by atoms with van der Waals surface area (Å²) < 4.78 is 28.0. The summed E-state index contributed by atoms with van der Waals surface area (Å²) in [5.41, 5.74) is 1.41. The van der Waals surface area contributed by atoms with Crippen molar-refractivity contribution < 1.29 is 18.3 Å². The molecule has 1 amide bonds. The lowest BCUT2D eigenvalue weighted by Crippen LogP contribution is -2.51. The molecule has 3 aromatic carbocycles. The van der Waals surface area contributed by atoms with Crippen molar-refractivity contribution in [1.82, 2.24) is 9.62 Å². The largest absolute Gasteiger partial charge is 0.390 e. The molecule has 0 saturated heterocycles. The lowest BCUT2D eigenvalue weighted by Gasteiger charge is -2.30. The zero-order valence-electron chi connectivity index (χ0n) is 19.5. The maximum atomic E-state index is 13.4. The van der Waals surface area contributed by atoms with E-state index in [1.165, 1.54) is 4.31 Å². The first-order chi connectivity index (χ1) is 16.3. The van der Waals surface area contributed by atoms with Gasteiger partial charge >= 0.3 is 0 Å². The zero-order valence-corrected chi connectivity index (χ0v) is 20.4. The Kier molecular flexibility index (Phi) is 8.98. The van der Waals surface area contributed by atoms with E-state index in [9.17, 15) is 18.3 Å². The number of hydrogen-bond donors (Lipinski definition) is 2. The van der Waals surface area contributed by atoms with E-state index in [-0.39, 0.29) is 29.8 Å². The van der Waals surface area contributed by atoms with Crippen LogP contribution in [0.3, 0.4) is 0 Å². The maximum Gasteiger partial charge on any atom is 0.251 e. The number of carbonyl (C=O) groups excluding carboxylic acids is 1. The number of carbonyl (C=O) groups is 1. The Morgan fingerprint density at radius 1 is 0.853 bits per heavy atom. The molecule has 0 fully saturated rings. The van der Waals surface area contributed by atoms with E-state index >= 15 is 0 Å². The van der Waals surface area contributed by atoms with Gasteiger partial charge in [-0.1, -0.05) is 80.6 Å². The molecule has 0 spiro atoms. The van der Waals surface area contributed by atoms with Crippen molar-refractivity contribution in [3.8, 4) is 0 Å². The Labute approximate surface area is 202 Å². The smallest absolute Gasteiger partial charge is 0.251 e. The van der Waals surface area contributed by atoms with Crippen LogP contribution < -0.4 is 5.32 Å². The summed E-state index contributed by atoms with van der Waals surface area (Å²) in [7, 11) is -3.82. The first-order valence-electron chi connectivity index (χ1n) is 11.4. The van der Waals surface area contributed by atoms with E-state index in [4.69, 9.17) is 0 Å². The van der Waals surface area contributed by atoms with Gasteiger partial charge < -0.3 is 10.4 Å². The molecule has 3 aromatic rings. The molecule has 0 aliphatic carbocycles. The Balaban J connectivity index is 1.86. The number of nitrogens with zero attached hydrogens (tertiary/aromatic N) is 1. The first kappa shape index (κ1) is 25.6. The summed E-state index contributed by atoms with van der Waals surface area (Å²) in [6.45, 7) is 3.97. The van der Waals surface area contributed by atoms with Crippen LogP contribution in [0.1, 0.15) is 29.8 Å². The first-order valence-corrected chi connectivity index (χ1v) is 12.8. The lowest BCUT2D eigenvalue weighted by atomic mass is 10.00. The van der Waals surface area contributed by atoms with Gasteiger partial charge in [-0.2, -0.15) is 4.31 Å². The molecule has 2 N–H and O–H groups in total. The third-order valence-corrected chi connectivity index (χ3v) is 7.30. The summed E-state index contributed by atoms with van der Waals surface area (Å²) in [4.78, 5) is 13.1. The van der Waals surface area contributed by atoms with Crippen molar-refractivity contribution >= 4 is 15.9 Å². The molecule has 0 aromatic heterocycles. The lowest BCUT2D eigenvalue weighted by molar-refractivity contribution is 0.0776. The molecule has 0 aliphatic rings. The average molecular weight is 481 g/mol. The van der Waals surface area contributed by atoms with E-state index in [0.29, 0.717) is 12.0 Å². The monoisotopic (exact) mass is 480 g/mol. The second-order valence-electron chi connectivity index (χ2n) is 8.73. The van der Waals surface area contributed by atoms with E-state index in [0.717, 1.165) is 5.56 Å². The second-order valence-corrected chi connectivity index (χ2v) is 10.7. The topological polar surface area (TPSA) is 86.7 Å². The molecule has 180 valence electrons. The van der Waals surface area contributed by atoms with Crippen LogP contribution in [0.2, 0.25) is 0 Å². The van der Waals surface area contributed by atoms with Crippen LogP contribution in [0.25, 0.3) is 0 Å². The maximum absolute atomic E-state index is 13.4. The molecule has 2 atom stereocenters. The fraction of sp³-hybridized carbons (Fsp3) is 0.296. The third-order valence-electron chi connectivity index (χ3n) is 5.46. The van der Waals surface area contributed by atoms with Crippen molar-refractivity contribution in [1.29, 1.82) is 0 Å². The van der Waals surface area contributed by atoms with Crippen LogP contribution in [-0.2, 0) is 16.4 Å². The van der Waals surface area contributed by atoms with Gasteiger partial charge in [-0.3, -0.25) is 4.79 Å². The highest BCUT2D eigenvalue weighted by atomic mass is 32.2. The normalized spacial score (nSPS) is 13.6. The number of aliphatic hydroxyl groups excluding tert-OH is 1. The fourth-order valence-electron chi connectivity index (χ4n) is 3.75. The van der Waals surface area contributed by atoms with Crippen molar-refractivity contribution in [3.63, 3.8) is 0 Å². The summed E-state index contributed by atoms with van der Waals surface area (Å²) in [6, 6.07) is 25.8. The highest BCUT2D eigenvalue weighted by Gasteiger charge is 2.31. The van der Waals surface area contributed by atoms with Gasteiger partial charge in [0.05, 0.1) is 17.0 Å². The number of aliphatic hydroxyl groups is 1. The van der Waals surface area contributed by atoms with Crippen molar-refractivity contribution in [2.45, 2.75) is 37.3 Å². The van der Waals surface area contributed by atoms with Crippen molar-refractivity contribution in [2.24, 2.45) is 5.92 Å². The summed E-state index contributed by atoms with van der Waals surface area (Å²) >= 11 is 0. The highest BCUT2D eigenvalue weighted by molar-refractivity contribution is 7.89. The second kappa shape index (κ2) is 11.9. The minimum Gasteiger partial charge on any atom is -0.390 e. The Hall–Kier alpha value is -3.00. The summed E-state index contributed by atoms with van der Waals surface area (Å²) in [5, 5.41) is 14.2. The highest BCUT2D eigenvalue weighted by Crippen LogP contribution is 2.19. The predicted molar refractivity (Wildman–Crippen MR) is 134 cm³/mol. The van der Waals surface area contributed by atoms with Crippen molar-refractivity contribution in [3.05, 3.63) is 102 Å². The van der Waals surface area contributed by atoms with E-state index < -0.39 is 22.2 Å². The van der Waals surface area contributed by atoms with Gasteiger partial charge in [-0.05, 0) is 42.2 Å². The Morgan fingerprint density at radius 2 is 1.38 bits per heavy atom. The number of hydrogen-bond acceptors (Lipinski definition) is 4. The number of nitrogens with one attached hydrogen (secondary N) is 1. The molecule has 0 saturated carbocycles. The van der Waals surface area contributed by atoms with Gasteiger partial charge in [0, 0.05) is 18.7 Å². The zero-order chi connectivity index (χ0) is 24.6. The molecule has 6 nitrogen and oxygen atoms in total. The van der Waals surface area contributed by atoms with E-state index in [1.54, 1.807) is 54.6 Å². The van der Waals surface area contributed by atoms with Crippen LogP contribution in [0, 0.1) is 5.92 Å². The molecule has 0 bridgehead atoms. The Morgan fingerprint density at radius 3 is 1.94 bits per heavy atom. The van der Waals surface area contributed by atoms with Gasteiger partial charge in [0.2, 0.25) is 10.0 Å². The molecule has 0 radical (unpaired) electrons. The molecule has 0 unspecified atom stereocenters. The van der Waals surface area contributed by atoms with Gasteiger partial charge in [0.25, 0.3) is 5.91 Å². The molecule has 3 rings (SSSR count). The Bertz CT molecular complexity index is 1140. The number of sulfonamides is 1. The average Bonchev–Trinajstić information content (AvgIpc) is 2.84. The van der Waals surface area contributed by atoms with Crippen LogP contribution in [0.4, 0.5) is 0 Å².